The van der Waals surface area contributed by atoms with Gasteiger partial charge in [-0.3, -0.25) is 0 Å². The van der Waals surface area contributed by atoms with E-state index in [9.17, 15) is 39.5 Å². The zero-order chi connectivity index (χ0) is 26.8. The van der Waals surface area contributed by atoms with Crippen LogP contribution < -0.4 is 0 Å². The van der Waals surface area contributed by atoms with Crippen molar-refractivity contribution in [1.29, 1.82) is 10.5 Å². The molecule has 0 aliphatic rings. The van der Waals surface area contributed by atoms with E-state index in [4.69, 9.17) is 17.1 Å². The van der Waals surface area contributed by atoms with Gasteiger partial charge in [-0.15, -0.1) is 4.98 Å². The first kappa shape index (κ1) is 24.2. The van der Waals surface area contributed by atoms with Crippen LogP contribution in [0.5, 0.6) is 0 Å². The third-order valence-electron chi connectivity index (χ3n) is 4.47. The molecule has 0 aliphatic heterocycles. The number of nitriles is 2. The fourth-order valence-electron chi connectivity index (χ4n) is 3.11. The van der Waals surface area contributed by atoms with Gasteiger partial charge < -0.3 is 4.85 Å². The minimum Gasteiger partial charge on any atom is -0.359 e. The lowest BCUT2D eigenvalue weighted by Crippen LogP contribution is -2.16. The van der Waals surface area contributed by atoms with Crippen molar-refractivity contribution in [2.45, 2.75) is 18.5 Å². The van der Waals surface area contributed by atoms with Gasteiger partial charge in [0.05, 0.1) is 0 Å². The van der Waals surface area contributed by atoms with E-state index >= 15 is 0 Å². The molecule has 0 spiro atoms. The van der Waals surface area contributed by atoms with Crippen LogP contribution in [0.2, 0.25) is 0 Å². The van der Waals surface area contributed by atoms with Crippen molar-refractivity contribution in [3.05, 3.63) is 39.9 Å². The maximum absolute atomic E-state index is 13.5. The molecule has 3 aromatic heterocycles. The summed E-state index contributed by atoms with van der Waals surface area (Å²) in [5.41, 5.74) is -14.6. The zero-order valence-corrected chi connectivity index (χ0v) is 16.4. The first-order chi connectivity index (χ1) is 16.6. The molecular weight excluding hydrogens is 513 g/mol. The van der Waals surface area contributed by atoms with Crippen LogP contribution >= 0.6 is 0 Å². The molecule has 18 heteroatoms. The highest BCUT2D eigenvalue weighted by Crippen LogP contribution is 2.40. The summed E-state index contributed by atoms with van der Waals surface area (Å²) in [6.45, 7) is 6.94. The van der Waals surface area contributed by atoms with Gasteiger partial charge in [0.25, 0.3) is 0 Å². The first-order valence-corrected chi connectivity index (χ1v) is 8.78. The van der Waals surface area contributed by atoms with E-state index < -0.39 is 85.9 Å². The average molecular weight is 513 g/mol. The number of aromatic nitrogens is 6. The highest BCUT2D eigenvalue weighted by Gasteiger charge is 2.42. The number of fused-ring (bicyclic) bond motifs is 6. The normalized spacial score (nSPS) is 12.5. The van der Waals surface area contributed by atoms with Crippen LogP contribution in [0.25, 0.3) is 37.9 Å². The Balaban J connectivity index is 2.40. The highest BCUT2D eigenvalue weighted by molar-refractivity contribution is 6.18. The Bertz CT molecular complexity index is 1500. The fourth-order valence-corrected chi connectivity index (χ4v) is 3.11. The Labute approximate surface area is 190 Å². The van der Waals surface area contributed by atoms with E-state index in [-0.39, 0.29) is 0 Å². The Morgan fingerprint density at radius 2 is 0.833 bits per heavy atom. The molecule has 4 rings (SSSR count). The molecule has 0 bridgehead atoms. The van der Waals surface area contributed by atoms with E-state index in [1.54, 1.807) is 0 Å². The quantitative estimate of drug-likeness (QED) is 0.185. The van der Waals surface area contributed by atoms with Crippen molar-refractivity contribution in [1.82, 2.24) is 29.9 Å². The lowest BCUT2D eigenvalue weighted by Gasteiger charge is -2.14. The minimum absolute atomic E-state index is 0.933. The second-order valence-electron chi connectivity index (χ2n) is 6.66. The molecule has 4 aromatic rings. The topological polar surface area (TPSA) is 129 Å². The molecule has 0 fully saturated rings. The van der Waals surface area contributed by atoms with E-state index in [1.807, 2.05) is 0 Å². The molecule has 180 valence electrons. The first-order valence-electron chi connectivity index (χ1n) is 8.78. The van der Waals surface area contributed by atoms with Crippen molar-refractivity contribution in [3.63, 3.8) is 0 Å². The molecule has 0 unspecified atom stereocenters. The Morgan fingerprint density at radius 3 is 1.14 bits per heavy atom. The van der Waals surface area contributed by atoms with Gasteiger partial charge in [-0.25, -0.2) is 24.9 Å². The van der Waals surface area contributed by atoms with Crippen LogP contribution in [-0.4, -0.2) is 29.9 Å². The summed E-state index contributed by atoms with van der Waals surface area (Å²) < 4.78 is 121. The smallest absolute Gasteiger partial charge is 0.359 e. The second kappa shape index (κ2) is 7.54. The minimum atomic E-state index is -5.33. The molecule has 3 heterocycles. The number of benzene rings is 1. The zero-order valence-electron chi connectivity index (χ0n) is 16.4. The van der Waals surface area contributed by atoms with Crippen LogP contribution in [0, 0.1) is 29.2 Å². The molecule has 0 saturated heterocycles. The number of nitrogens with zero attached hydrogens (tertiary/aromatic N) is 9. The van der Waals surface area contributed by atoms with Crippen LogP contribution in [0.1, 0.15) is 28.5 Å². The average Bonchev–Trinajstić information content (AvgIpc) is 2.79. The van der Waals surface area contributed by atoms with Crippen molar-refractivity contribution in [2.24, 2.45) is 0 Å². The van der Waals surface area contributed by atoms with E-state index in [0.717, 1.165) is 12.1 Å². The molecule has 0 aliphatic carbocycles. The number of hydrogen-bond donors (Lipinski definition) is 0. The predicted molar refractivity (Wildman–Crippen MR) is 96.4 cm³/mol. The van der Waals surface area contributed by atoms with Gasteiger partial charge in [-0.1, -0.05) is 6.57 Å². The molecule has 0 N–H and O–H groups in total. The number of halogens is 9. The predicted octanol–water partition coefficient (Wildman–Crippen LogP) is 4.87. The Morgan fingerprint density at radius 1 is 0.528 bits per heavy atom. The van der Waals surface area contributed by atoms with Crippen molar-refractivity contribution < 1.29 is 39.5 Å². The van der Waals surface area contributed by atoms with Crippen LogP contribution in [0.4, 0.5) is 45.3 Å². The SMILES string of the molecule is [C-]#[N+]c1nc2c3nc(C(F)(F)F)c(C#N)nc3c3nc(C(F)(F)F)c(C#N)nc3c2nc1C(F)(F)F. The monoisotopic (exact) mass is 513 g/mol. The third kappa shape index (κ3) is 3.67. The summed E-state index contributed by atoms with van der Waals surface area (Å²) in [6.07, 6.45) is -16.0. The lowest BCUT2D eigenvalue weighted by atomic mass is 10.1. The van der Waals surface area contributed by atoms with E-state index in [1.165, 1.54) is 0 Å². The van der Waals surface area contributed by atoms with Gasteiger partial charge >= 0.3 is 24.3 Å². The van der Waals surface area contributed by atoms with Gasteiger partial charge in [-0.2, -0.15) is 50.0 Å². The summed E-state index contributed by atoms with van der Waals surface area (Å²) in [5, 5.41) is 18.2. The highest BCUT2D eigenvalue weighted by atomic mass is 19.4. The molecule has 0 atom stereocenters. The summed E-state index contributed by atoms with van der Waals surface area (Å²) in [4.78, 5) is 22.3. The molecule has 9 nitrogen and oxygen atoms in total. The number of hydrogen-bond acceptors (Lipinski definition) is 8. The lowest BCUT2D eigenvalue weighted by molar-refractivity contribution is -0.142. The maximum atomic E-state index is 13.5. The van der Waals surface area contributed by atoms with Gasteiger partial charge in [0.1, 0.15) is 39.7 Å². The molecule has 1 aromatic carbocycles. The van der Waals surface area contributed by atoms with Gasteiger partial charge in [-0.05, 0) is 0 Å². The summed E-state index contributed by atoms with van der Waals surface area (Å²) >= 11 is 0. The maximum Gasteiger partial charge on any atom is 0.436 e. The van der Waals surface area contributed by atoms with Crippen LogP contribution in [-0.2, 0) is 18.5 Å². The largest absolute Gasteiger partial charge is 0.436 e. The van der Waals surface area contributed by atoms with E-state index in [0.29, 0.717) is 0 Å². The molecule has 0 radical (unpaired) electrons. The standard InChI is InChI=1S/C18F9N9/c1-30-15-14(18(25,26)27)35-10-7-8(33-12(16(19,20)21)4(2-28)32-7)6-9(11(10)36-15)34-13(17(22,23)24)5(3-29)31-6. The molecular formula is C18F9N9. The molecule has 36 heavy (non-hydrogen) atoms. The molecule has 0 saturated carbocycles. The number of alkyl halides is 9. The summed E-state index contributed by atoms with van der Waals surface area (Å²) in [7, 11) is 0. The fraction of sp³-hybridized carbons (Fsp3) is 0.167. The van der Waals surface area contributed by atoms with E-state index in [2.05, 4.69) is 34.7 Å². The number of rotatable bonds is 0. The van der Waals surface area contributed by atoms with Crippen molar-refractivity contribution in [3.8, 4) is 12.1 Å². The summed E-state index contributed by atoms with van der Waals surface area (Å²) in [6, 6.07) is 2.15. The second-order valence-corrected chi connectivity index (χ2v) is 6.66. The molecule has 0 amide bonds. The summed E-state index contributed by atoms with van der Waals surface area (Å²) in [5.74, 6) is -1.42. The Hall–Kier alpha value is -4.92. The third-order valence-corrected chi connectivity index (χ3v) is 4.47. The van der Waals surface area contributed by atoms with Crippen LogP contribution in [0.3, 0.4) is 0 Å². The van der Waals surface area contributed by atoms with Gasteiger partial charge in [0.15, 0.2) is 28.5 Å². The van der Waals surface area contributed by atoms with Gasteiger partial charge in [0, 0.05) is 0 Å². The van der Waals surface area contributed by atoms with Crippen molar-refractivity contribution >= 4 is 38.9 Å². The van der Waals surface area contributed by atoms with Crippen LogP contribution in [0.15, 0.2) is 0 Å². The van der Waals surface area contributed by atoms with Gasteiger partial charge in [0.2, 0.25) is 5.52 Å². The van der Waals surface area contributed by atoms with Crippen molar-refractivity contribution in [2.75, 3.05) is 0 Å². The Kier molecular flexibility index (Phi) is 5.07.